The Labute approximate surface area is 815 Å². The number of aromatic hydroxyl groups is 1. The van der Waals surface area contributed by atoms with Gasteiger partial charge in [-0.3, -0.25) is 28.8 Å². The molecule has 0 bridgehead atoms. The van der Waals surface area contributed by atoms with Crippen LogP contribution in [0.5, 0.6) is 34.5 Å². The predicted molar refractivity (Wildman–Crippen MR) is 510 cm³/mol. The number of halogens is 5. The van der Waals surface area contributed by atoms with Crippen LogP contribution in [0.4, 0.5) is 0 Å². The topological polar surface area (TPSA) is 522 Å². The number of esters is 2. The number of carboxylic acid groups (broad SMARTS) is 2. The van der Waals surface area contributed by atoms with Gasteiger partial charge in [-0.25, -0.2) is 68.5 Å². The van der Waals surface area contributed by atoms with Gasteiger partial charge in [0.2, 0.25) is 23.1 Å². The Balaban J connectivity index is 0.000000326. The molecular formula is C94H93AlBrCl4N10O24Pd-. The largest absolute Gasteiger partial charge is 0.643 e. The zero-order valence-electron chi connectivity index (χ0n) is 73.4. The number of aromatic carboxylic acids is 1. The summed E-state index contributed by atoms with van der Waals surface area (Å²) < 4.78 is 36.2. The molecule has 5 aromatic heterocycles. The molecule has 14 aromatic rings. The molecule has 0 aliphatic carbocycles. The number of carboxylic acids is 2. The summed E-state index contributed by atoms with van der Waals surface area (Å²) in [5.74, 6) is -0.845. The SMILES string of the molecule is CCOC(=O)CBr.CCOC(=O)COc1ccc(C(=O)c2[nH]c(=O)[nH]c2C)cc1.Cc1[nH]c(=O)[nH]c1C(=O)c1ccc(O)cc1.Cc1[nH]c(=O)[nH]c1C(=O)c1ccc(OCC(=O)O)cc1.Cc1[nH]c(=O)[nH]c1C(=O)c1ccc(OCc2ccccc2)cc1.Cc1c[nH]c(=O)[nH]1.O=C(Cl)c1ccc(OCc2ccccc2)cc1.O=C(O)c1ccc(OCc2ccccc2)cc1.[CH3-].[Cl][Al]([Cl])[Cl].[Pd]. The van der Waals surface area contributed by atoms with Crippen LogP contribution in [0.1, 0.15) is 144 Å². The van der Waals surface area contributed by atoms with Gasteiger partial charge in [0.25, 0.3) is 5.24 Å². The Bertz CT molecular complexity index is 6290. The molecule has 712 valence electrons. The maximum absolute atomic E-state index is 12.3. The standard InChI is InChI=1S/C18H16N2O3.C15H16N2O5.C14H11ClO2.C14H12O3.C13H12N2O5.C11H10N2O3.C4H7BrO2.C4H6N2O.CH3.Al.3ClH.Pd/c1-12-16(20-18(22)19-12)17(21)14-7-9-15(10-8-14)23-11-13-5-3-2-4-6-13;1-3-21-12(18)8-22-11-6-4-10(5-7-11)14(19)13-9(2)16-15(20)17-13;2*15-14(16)12-6-8-13(9-7-12)17-10-11-4-2-1-3-5-11;1-7-11(15-13(19)14-7)12(18)8-2-4-9(5-3-8)20-6-10(16)17;1-6-9(13-11(16)12-6)10(15)7-2-4-8(14)5-3-7;1-2-7-4(6)3-5;1-3-2-5-4(7)6-3;;;;;;/h2-10H,11H2,1H3,(H2,19,20,22);4-7H,3,8H2,1-2H3,(H2,16,17,20);1-9H,10H2;1-9H,10H2,(H,15,16);2-5H,6H2,1H3,(H,16,17)(H2,14,15,19);2-5,14H,1H3,(H2,12,13,16);2-3H2,1H3;2H,1H3,(H2,5,6,7);1H3;;3*1H;/q;;;;;;;;-1;+3;;;;/p-3. The smallest absolute Gasteiger partial charge is 0.508 e. The van der Waals surface area contributed by atoms with E-state index < -0.39 is 58.2 Å². The number of aryl methyl sites for hydroxylation is 5. The van der Waals surface area contributed by atoms with E-state index >= 15 is 0 Å². The van der Waals surface area contributed by atoms with Gasteiger partial charge in [0.05, 0.1) is 18.8 Å². The van der Waals surface area contributed by atoms with E-state index in [0.717, 1.165) is 28.1 Å². The second kappa shape index (κ2) is 60.1. The van der Waals surface area contributed by atoms with Crippen molar-refractivity contribution in [2.75, 3.05) is 31.8 Å². The second-order valence-electron chi connectivity index (χ2n) is 27.1. The number of aromatic amines is 10. The van der Waals surface area contributed by atoms with Crippen molar-refractivity contribution >= 4 is 121 Å². The number of ketones is 4. The Hall–Kier alpha value is -14.1. The number of benzene rings is 9. The number of nitrogens with one attached hydrogen (secondary N) is 10. The summed E-state index contributed by atoms with van der Waals surface area (Å²) in [6.45, 7) is 13.5. The first-order valence-electron chi connectivity index (χ1n) is 39.6. The predicted octanol–water partition coefficient (Wildman–Crippen LogP) is 15.4. The van der Waals surface area contributed by atoms with Crippen molar-refractivity contribution < 1.29 is 112 Å². The van der Waals surface area contributed by atoms with Crippen LogP contribution < -0.4 is 52.1 Å². The maximum atomic E-state index is 12.3. The molecule has 34 nitrogen and oxygen atoms in total. The fourth-order valence-corrected chi connectivity index (χ4v) is 11.1. The van der Waals surface area contributed by atoms with Gasteiger partial charge in [-0.2, -0.15) is 0 Å². The number of aromatic nitrogens is 10. The van der Waals surface area contributed by atoms with E-state index in [4.69, 9.17) is 85.5 Å². The average Bonchev–Trinajstić information content (AvgIpc) is 1.71. The Morgan fingerprint density at radius 2 is 0.622 bits per heavy atom. The van der Waals surface area contributed by atoms with Crippen LogP contribution in [-0.2, 0) is 64.1 Å². The molecule has 0 fully saturated rings. The summed E-state index contributed by atoms with van der Waals surface area (Å²) in [4.78, 5) is 181. The molecular weight excluding hydrogens is 2010 g/mol. The molecule has 41 heteroatoms. The molecule has 0 aliphatic heterocycles. The number of carbonyl (C=O) groups is 9. The summed E-state index contributed by atoms with van der Waals surface area (Å²) in [5, 5.41) is 26.2. The Morgan fingerprint density at radius 3 is 0.844 bits per heavy atom. The molecule has 0 amide bonds. The van der Waals surface area contributed by atoms with Gasteiger partial charge < -0.3 is 106 Å². The third-order valence-electron chi connectivity index (χ3n) is 17.1. The summed E-state index contributed by atoms with van der Waals surface area (Å²) in [7, 11) is 14.8. The van der Waals surface area contributed by atoms with Crippen molar-refractivity contribution in [3.8, 4) is 34.5 Å². The van der Waals surface area contributed by atoms with E-state index in [2.05, 4.69) is 70.5 Å². The number of alkyl halides is 1. The van der Waals surface area contributed by atoms with E-state index in [1.54, 1.807) is 133 Å². The summed E-state index contributed by atoms with van der Waals surface area (Å²) in [6, 6.07) is 67.7. The van der Waals surface area contributed by atoms with Gasteiger partial charge in [0, 0.05) is 82.9 Å². The van der Waals surface area contributed by atoms with Crippen LogP contribution in [0.2, 0.25) is 0 Å². The minimum Gasteiger partial charge on any atom is -0.508 e. The average molecular weight is 2100 g/mol. The quantitative estimate of drug-likeness (QED) is 0.00541. The van der Waals surface area contributed by atoms with Gasteiger partial charge in [-0.1, -0.05) is 107 Å². The fourth-order valence-electron chi connectivity index (χ4n) is 10.8. The van der Waals surface area contributed by atoms with Crippen LogP contribution in [-0.4, -0.2) is 161 Å². The Kier molecular flexibility index (Phi) is 50.4. The molecule has 0 radical (unpaired) electrons. The first-order valence-corrected chi connectivity index (χ1v) is 46.3. The third-order valence-corrected chi connectivity index (χ3v) is 17.8. The normalized spacial score (nSPS) is 9.81. The number of carbonyl (C=O) groups excluding carboxylic acids is 7. The first-order chi connectivity index (χ1) is 63.5. The number of rotatable bonds is 28. The zero-order valence-corrected chi connectivity index (χ0v) is 80.8. The van der Waals surface area contributed by atoms with Gasteiger partial charge in [-0.05, 0) is 222 Å². The molecule has 13 N–H and O–H groups in total. The van der Waals surface area contributed by atoms with Crippen LogP contribution in [0.25, 0.3) is 0 Å². The number of ether oxygens (including phenoxy) is 7. The minimum atomic E-state index is -1.72. The molecule has 9 aromatic carbocycles. The number of imidazole rings is 5. The molecule has 0 saturated heterocycles. The monoisotopic (exact) mass is 2100 g/mol. The summed E-state index contributed by atoms with van der Waals surface area (Å²) >= 11 is 6.57. The van der Waals surface area contributed by atoms with Gasteiger partial charge in [0.1, 0.15) is 82.4 Å². The van der Waals surface area contributed by atoms with Crippen molar-refractivity contribution in [2.24, 2.45) is 0 Å². The number of phenols is 1. The number of hydrogen-bond donors (Lipinski definition) is 13. The van der Waals surface area contributed by atoms with Crippen molar-refractivity contribution in [1.29, 1.82) is 0 Å². The van der Waals surface area contributed by atoms with Crippen LogP contribution in [0.15, 0.2) is 267 Å². The van der Waals surface area contributed by atoms with Gasteiger partial charge in [0.15, 0.2) is 13.2 Å². The molecule has 5 heterocycles. The molecule has 0 aliphatic rings. The number of phenolic OH excluding ortho intramolecular Hbond substituents is 1. The van der Waals surface area contributed by atoms with Crippen molar-refractivity contribution in [3.05, 3.63) is 404 Å². The molecule has 0 spiro atoms. The molecule has 135 heavy (non-hydrogen) atoms. The molecule has 0 saturated carbocycles. The van der Waals surface area contributed by atoms with E-state index in [1.807, 2.05) is 97.9 Å². The number of H-pyrrole nitrogens is 10. The number of hydrogen-bond acceptors (Lipinski definition) is 22. The van der Waals surface area contributed by atoms with Crippen molar-refractivity contribution in [3.63, 3.8) is 0 Å². The second-order valence-corrected chi connectivity index (χ2v) is 34.4. The molecule has 0 unspecified atom stereocenters. The van der Waals surface area contributed by atoms with Gasteiger partial charge >= 0.3 is 63.7 Å². The van der Waals surface area contributed by atoms with Crippen LogP contribution >= 0.6 is 57.7 Å². The zero-order chi connectivity index (χ0) is 97.5. The summed E-state index contributed by atoms with van der Waals surface area (Å²) in [5.41, 5.74) is 7.70. The first kappa shape index (κ1) is 113. The Morgan fingerprint density at radius 1 is 0.356 bits per heavy atom. The van der Waals surface area contributed by atoms with Crippen molar-refractivity contribution in [1.82, 2.24) is 49.8 Å². The van der Waals surface area contributed by atoms with Gasteiger partial charge in [-0.15, -0.1) is 0 Å². The molecule has 0 atom stereocenters. The number of aliphatic carboxylic acids is 1. The van der Waals surface area contributed by atoms with E-state index in [9.17, 15) is 67.1 Å². The summed E-state index contributed by atoms with van der Waals surface area (Å²) in [6.07, 6.45) is 1.63. The molecule has 14 rings (SSSR count). The minimum absolute atomic E-state index is 0. The van der Waals surface area contributed by atoms with E-state index in [-0.39, 0.29) is 109 Å². The van der Waals surface area contributed by atoms with E-state index in [1.165, 1.54) is 60.7 Å². The fraction of sp³-hybridized carbons (Fsp3) is 0.160. The maximum Gasteiger partial charge on any atom is 0.643 e. The third kappa shape index (κ3) is 41.7. The van der Waals surface area contributed by atoms with Crippen molar-refractivity contribution in [2.45, 2.75) is 68.3 Å². The van der Waals surface area contributed by atoms with Crippen LogP contribution in [0, 0.1) is 42.0 Å². The van der Waals surface area contributed by atoms with Crippen LogP contribution in [0.3, 0.4) is 0 Å². The van der Waals surface area contributed by atoms with E-state index in [0.29, 0.717) is 112 Å².